The molecule has 0 aliphatic rings. The van der Waals surface area contributed by atoms with Gasteiger partial charge in [0.15, 0.2) is 0 Å². The van der Waals surface area contributed by atoms with Crippen LogP contribution in [0.2, 0.25) is 0 Å². The highest BCUT2D eigenvalue weighted by Crippen LogP contribution is 2.15. The average Bonchev–Trinajstić information content (AvgIpc) is 3.02. The zero-order valence-corrected chi connectivity index (χ0v) is 33.2. The molecule has 0 heterocycles. The van der Waals surface area contributed by atoms with Gasteiger partial charge in [0.25, 0.3) is 0 Å². The fourth-order valence-corrected chi connectivity index (χ4v) is 6.64. The van der Waals surface area contributed by atoms with E-state index in [-0.39, 0.29) is 0 Å². The molecular formula is C42H90N2O2+2. The molecule has 0 aromatic carbocycles. The first kappa shape index (κ1) is 45.8. The quantitative estimate of drug-likeness (QED) is 0.0485. The Bertz CT molecular complexity index is 530. The monoisotopic (exact) mass is 655 g/mol. The van der Waals surface area contributed by atoms with Crippen molar-refractivity contribution in [1.29, 1.82) is 0 Å². The third-order valence-corrected chi connectivity index (χ3v) is 10.3. The van der Waals surface area contributed by atoms with Crippen LogP contribution in [0.15, 0.2) is 0 Å². The molecule has 278 valence electrons. The van der Waals surface area contributed by atoms with Gasteiger partial charge in [-0.15, -0.1) is 0 Å². The summed E-state index contributed by atoms with van der Waals surface area (Å²) < 4.78 is 14.0. The number of quaternary nitrogens is 2. The molecule has 0 amide bonds. The fourth-order valence-electron chi connectivity index (χ4n) is 6.64. The Balaban J connectivity index is 3.45. The summed E-state index contributed by atoms with van der Waals surface area (Å²) in [7, 11) is 9.45. The van der Waals surface area contributed by atoms with Gasteiger partial charge in [0, 0.05) is 0 Å². The van der Waals surface area contributed by atoms with Crippen LogP contribution in [0.25, 0.3) is 0 Å². The Morgan fingerprint density at radius 2 is 0.478 bits per heavy atom. The lowest BCUT2D eigenvalue weighted by molar-refractivity contribution is -0.891. The van der Waals surface area contributed by atoms with Crippen molar-refractivity contribution in [2.24, 2.45) is 0 Å². The molecule has 0 aromatic heterocycles. The van der Waals surface area contributed by atoms with Crippen molar-refractivity contribution in [3.8, 4) is 0 Å². The zero-order valence-electron chi connectivity index (χ0n) is 33.2. The molecule has 0 bridgehead atoms. The summed E-state index contributed by atoms with van der Waals surface area (Å²) >= 11 is 0. The Morgan fingerprint density at radius 1 is 0.261 bits per heavy atom. The van der Waals surface area contributed by atoms with Gasteiger partial charge in [0.05, 0.1) is 67.7 Å². The van der Waals surface area contributed by atoms with Crippen LogP contribution in [-0.2, 0) is 9.47 Å². The predicted octanol–water partition coefficient (Wildman–Crippen LogP) is 12.1. The number of ether oxygens (including phenoxy) is 2. The van der Waals surface area contributed by atoms with E-state index < -0.39 is 0 Å². The highest BCUT2D eigenvalue weighted by molar-refractivity contribution is 4.51. The van der Waals surface area contributed by atoms with Crippen LogP contribution in [0, 0.1) is 0 Å². The van der Waals surface area contributed by atoms with Gasteiger partial charge < -0.3 is 18.4 Å². The zero-order chi connectivity index (χ0) is 33.9. The molecule has 0 fully saturated rings. The van der Waals surface area contributed by atoms with E-state index in [1.165, 1.54) is 193 Å². The lowest BCUT2D eigenvalue weighted by Gasteiger charge is -2.30. The van der Waals surface area contributed by atoms with Gasteiger partial charge in [-0.2, -0.15) is 0 Å². The summed E-state index contributed by atoms with van der Waals surface area (Å²) in [6, 6.07) is 0. The van der Waals surface area contributed by atoms with E-state index >= 15 is 0 Å². The van der Waals surface area contributed by atoms with Crippen LogP contribution in [0.4, 0.5) is 0 Å². The lowest BCUT2D eigenvalue weighted by atomic mass is 10.0. The molecule has 0 aliphatic heterocycles. The maximum absolute atomic E-state index is 5.94. The lowest BCUT2D eigenvalue weighted by Crippen LogP contribution is -2.43. The molecule has 0 saturated carbocycles. The summed E-state index contributed by atoms with van der Waals surface area (Å²) in [5.74, 6) is 0. The highest BCUT2D eigenvalue weighted by atomic mass is 16.5. The summed E-state index contributed by atoms with van der Waals surface area (Å²) in [5, 5.41) is 0. The van der Waals surface area contributed by atoms with Crippen molar-refractivity contribution in [2.45, 2.75) is 194 Å². The molecule has 0 atom stereocenters. The SMILES string of the molecule is CCCCCCCCCCCCCCCC[N+](C)(C)CCOCCOCC[N+](C)(C)CCCCCCCCCCCCCCCC. The Morgan fingerprint density at radius 3 is 0.717 bits per heavy atom. The van der Waals surface area contributed by atoms with E-state index in [1.54, 1.807) is 0 Å². The smallest absolute Gasteiger partial charge is 0.102 e. The molecule has 0 rings (SSSR count). The van der Waals surface area contributed by atoms with Gasteiger partial charge >= 0.3 is 0 Å². The summed E-state index contributed by atoms with van der Waals surface area (Å²) in [5.41, 5.74) is 0. The van der Waals surface area contributed by atoms with Crippen molar-refractivity contribution in [1.82, 2.24) is 0 Å². The van der Waals surface area contributed by atoms with E-state index in [0.29, 0.717) is 0 Å². The largest absolute Gasteiger partial charge is 0.373 e. The molecule has 0 saturated heterocycles. The van der Waals surface area contributed by atoms with Crippen LogP contribution < -0.4 is 0 Å². The summed E-state index contributed by atoms with van der Waals surface area (Å²) in [4.78, 5) is 0. The van der Waals surface area contributed by atoms with Crippen LogP contribution >= 0.6 is 0 Å². The maximum Gasteiger partial charge on any atom is 0.102 e. The van der Waals surface area contributed by atoms with Crippen LogP contribution in [0.5, 0.6) is 0 Å². The van der Waals surface area contributed by atoms with Crippen LogP contribution in [0.3, 0.4) is 0 Å². The number of rotatable bonds is 39. The van der Waals surface area contributed by atoms with Gasteiger partial charge in [0.2, 0.25) is 0 Å². The number of hydrogen-bond donors (Lipinski definition) is 0. The maximum atomic E-state index is 5.94. The van der Waals surface area contributed by atoms with Gasteiger partial charge in [-0.3, -0.25) is 0 Å². The first-order chi connectivity index (χ1) is 22.3. The second-order valence-electron chi connectivity index (χ2n) is 16.2. The molecule has 0 spiro atoms. The average molecular weight is 655 g/mol. The van der Waals surface area contributed by atoms with E-state index in [9.17, 15) is 0 Å². The summed E-state index contributed by atoms with van der Waals surface area (Å²) in [6.45, 7) is 12.5. The van der Waals surface area contributed by atoms with Crippen molar-refractivity contribution in [3.63, 3.8) is 0 Å². The van der Waals surface area contributed by atoms with E-state index in [2.05, 4.69) is 42.0 Å². The third-order valence-electron chi connectivity index (χ3n) is 10.3. The third kappa shape index (κ3) is 36.7. The predicted molar refractivity (Wildman–Crippen MR) is 206 cm³/mol. The minimum Gasteiger partial charge on any atom is -0.373 e. The van der Waals surface area contributed by atoms with E-state index in [4.69, 9.17) is 9.47 Å². The number of likely N-dealkylation sites (N-methyl/N-ethyl adjacent to an activating group) is 2. The summed E-state index contributed by atoms with van der Waals surface area (Å²) in [6.07, 6.45) is 40.1. The molecule has 0 unspecified atom stereocenters. The van der Waals surface area contributed by atoms with E-state index in [0.717, 1.165) is 48.5 Å². The topological polar surface area (TPSA) is 18.5 Å². The van der Waals surface area contributed by atoms with E-state index in [1.807, 2.05) is 0 Å². The standard InChI is InChI=1S/C42H90N2O2/c1-7-9-11-13-15-17-19-21-23-25-27-29-31-33-35-43(3,4)37-39-45-41-42-46-40-38-44(5,6)36-34-32-30-28-26-24-22-20-18-16-14-12-10-8-2/h7-42H2,1-6H3/q+2. The number of hydrogen-bond acceptors (Lipinski definition) is 2. The second-order valence-corrected chi connectivity index (χ2v) is 16.2. The van der Waals surface area contributed by atoms with Crippen molar-refractivity contribution in [2.75, 3.05) is 80.8 Å². The molecule has 4 heteroatoms. The minimum atomic E-state index is 0.727. The van der Waals surface area contributed by atoms with Crippen LogP contribution in [-0.4, -0.2) is 89.8 Å². The Hall–Kier alpha value is -0.160. The van der Waals surface area contributed by atoms with Crippen molar-refractivity contribution >= 4 is 0 Å². The number of nitrogens with zero attached hydrogens (tertiary/aromatic N) is 2. The molecule has 46 heavy (non-hydrogen) atoms. The number of unbranched alkanes of at least 4 members (excludes halogenated alkanes) is 26. The highest BCUT2D eigenvalue weighted by Gasteiger charge is 2.15. The van der Waals surface area contributed by atoms with Crippen molar-refractivity contribution < 1.29 is 18.4 Å². The second kappa shape index (κ2) is 34.7. The first-order valence-electron chi connectivity index (χ1n) is 21.1. The molecule has 4 nitrogen and oxygen atoms in total. The van der Waals surface area contributed by atoms with Crippen molar-refractivity contribution in [3.05, 3.63) is 0 Å². The van der Waals surface area contributed by atoms with Gasteiger partial charge in [-0.1, -0.05) is 168 Å². The molecular weight excluding hydrogens is 564 g/mol. The molecule has 0 radical (unpaired) electrons. The van der Waals surface area contributed by atoms with Gasteiger partial charge in [0.1, 0.15) is 13.1 Å². The Kier molecular flexibility index (Phi) is 34.6. The van der Waals surface area contributed by atoms with Gasteiger partial charge in [-0.25, -0.2) is 0 Å². The fraction of sp³-hybridized carbons (Fsp3) is 1.00. The first-order valence-corrected chi connectivity index (χ1v) is 21.1. The van der Waals surface area contributed by atoms with Gasteiger partial charge in [-0.05, 0) is 25.7 Å². The molecule has 0 aromatic rings. The Labute approximate surface area is 292 Å². The normalized spacial score (nSPS) is 12.4. The van der Waals surface area contributed by atoms with Crippen LogP contribution in [0.1, 0.15) is 194 Å². The minimum absolute atomic E-state index is 0.727. The molecule has 0 aliphatic carbocycles. The molecule has 0 N–H and O–H groups in total.